The summed E-state index contributed by atoms with van der Waals surface area (Å²) < 4.78 is 0. The van der Waals surface area contributed by atoms with Gasteiger partial charge in [0.25, 0.3) is 0 Å². The fraction of sp³-hybridized carbons (Fsp3) is 1.00. The Balaban J connectivity index is 0.000000135. The zero-order valence-corrected chi connectivity index (χ0v) is 95.8. The molecule has 0 aromatic heterocycles. The summed E-state index contributed by atoms with van der Waals surface area (Å²) in [5.74, 6) is 16.5. The molecule has 22 aliphatic carbocycles. The van der Waals surface area contributed by atoms with Crippen molar-refractivity contribution in [1.82, 2.24) is 42.5 Å². The van der Waals surface area contributed by atoms with Crippen molar-refractivity contribution >= 4 is 0 Å². The summed E-state index contributed by atoms with van der Waals surface area (Å²) in [7, 11) is 16.8. The average molecular weight is 1890 g/mol. The summed E-state index contributed by atoms with van der Waals surface area (Å²) in [5, 5.41) is 27.1. The molecule has 22 fully saturated rings. The third-order valence-corrected chi connectivity index (χ3v) is 45.8. The van der Waals surface area contributed by atoms with Gasteiger partial charge in [0.15, 0.2) is 0 Å². The van der Waals surface area contributed by atoms with E-state index in [-0.39, 0.29) is 0 Å². The van der Waals surface area contributed by atoms with E-state index in [1.165, 1.54) is 379 Å². The molecule has 22 aliphatic rings. The van der Waals surface area contributed by atoms with Gasteiger partial charge in [-0.15, -0.1) is 0 Å². The Hall–Kier alpha value is -0.320. The summed E-state index contributed by atoms with van der Waals surface area (Å²) in [5.41, 5.74) is 8.90. The molecule has 8 nitrogen and oxygen atoms in total. The van der Waals surface area contributed by atoms with Crippen molar-refractivity contribution in [3.8, 4) is 0 Å². The summed E-state index contributed by atoms with van der Waals surface area (Å²) in [6.45, 7) is 36.0. The van der Waals surface area contributed by atoms with Gasteiger partial charge in [-0.05, 0) is 570 Å². The van der Waals surface area contributed by atoms with Crippen LogP contribution in [0.3, 0.4) is 0 Å². The van der Waals surface area contributed by atoms with E-state index in [0.717, 1.165) is 191 Å². The highest BCUT2D eigenvalue weighted by molar-refractivity contribution is 5.07. The first-order valence-corrected chi connectivity index (χ1v) is 62.5. The lowest BCUT2D eigenvalue weighted by atomic mass is 9.48. The Morgan fingerprint density at radius 1 is 0.154 bits per heavy atom. The molecule has 8 heteroatoms. The van der Waals surface area contributed by atoms with Gasteiger partial charge in [0.1, 0.15) is 0 Å². The van der Waals surface area contributed by atoms with E-state index < -0.39 is 0 Å². The molecule has 22 saturated carbocycles. The average Bonchev–Trinajstić information content (AvgIpc) is 1.17. The molecule has 136 heavy (non-hydrogen) atoms. The van der Waals surface area contributed by atoms with Crippen LogP contribution in [0.25, 0.3) is 0 Å². The van der Waals surface area contributed by atoms with Gasteiger partial charge in [-0.25, -0.2) is 0 Å². The van der Waals surface area contributed by atoms with E-state index in [4.69, 9.17) is 0 Å². The van der Waals surface area contributed by atoms with Crippen molar-refractivity contribution in [2.45, 2.75) is 589 Å². The normalized spacial score (nSPS) is 46.4. The lowest BCUT2D eigenvalue weighted by Gasteiger charge is -2.57. The number of hydrogen-bond acceptors (Lipinski definition) is 8. The van der Waals surface area contributed by atoms with E-state index in [0.29, 0.717) is 0 Å². The van der Waals surface area contributed by atoms with Crippen molar-refractivity contribution in [1.29, 1.82) is 0 Å². The highest BCUT2D eigenvalue weighted by atomic mass is 14.9. The van der Waals surface area contributed by atoms with E-state index in [2.05, 4.69) is 196 Å². The Morgan fingerprint density at radius 2 is 0.346 bits per heavy atom. The van der Waals surface area contributed by atoms with Crippen LogP contribution < -0.4 is 42.5 Å². The maximum absolute atomic E-state index is 3.45. The molecule has 0 bridgehead atoms. The first kappa shape index (κ1) is 114. The molecule has 0 aliphatic heterocycles. The summed E-state index contributed by atoms with van der Waals surface area (Å²) in [6.07, 6.45) is 106. The van der Waals surface area contributed by atoms with Crippen LogP contribution >= 0.6 is 0 Å². The van der Waals surface area contributed by atoms with Gasteiger partial charge in [-0.2, -0.15) is 0 Å². The van der Waals surface area contributed by atoms with Gasteiger partial charge < -0.3 is 42.5 Å². The second kappa shape index (κ2) is 53.2. The number of hydrogen-bond donors (Lipinski definition) is 8. The van der Waals surface area contributed by atoms with E-state index in [1.807, 2.05) is 0 Å². The number of nitrogens with one attached hydrogen (secondary N) is 8. The van der Waals surface area contributed by atoms with Gasteiger partial charge in [-0.1, -0.05) is 206 Å². The second-order valence-corrected chi connectivity index (χ2v) is 58.4. The molecule has 11 spiro atoms. The minimum atomic E-state index is 0.764. The highest BCUT2D eigenvalue weighted by Gasteiger charge is 2.54. The van der Waals surface area contributed by atoms with E-state index in [1.54, 1.807) is 89.9 Å². The fourth-order valence-corrected chi connectivity index (χ4v) is 37.8. The first-order chi connectivity index (χ1) is 65.1. The van der Waals surface area contributed by atoms with Crippen LogP contribution in [0, 0.1) is 154 Å². The van der Waals surface area contributed by atoms with Gasteiger partial charge in [-0.3, -0.25) is 0 Å². The smallest absolute Gasteiger partial charge is 0.00746 e. The Kier molecular flexibility index (Phi) is 44.8. The Bertz CT molecular complexity index is 3200. The molecule has 0 radical (unpaired) electrons. The zero-order valence-electron chi connectivity index (χ0n) is 95.8. The number of rotatable bonds is 16. The van der Waals surface area contributed by atoms with Crippen LogP contribution in [0.4, 0.5) is 0 Å². The van der Waals surface area contributed by atoms with Crippen LogP contribution in [0.2, 0.25) is 0 Å². The second-order valence-electron chi connectivity index (χ2n) is 58.4. The summed E-state index contributed by atoms with van der Waals surface area (Å²) in [4.78, 5) is 0. The third kappa shape index (κ3) is 32.8. The quantitative estimate of drug-likeness (QED) is 0.0775. The predicted molar refractivity (Wildman–Crippen MR) is 595 cm³/mol. The first-order valence-electron chi connectivity index (χ1n) is 62.5. The van der Waals surface area contributed by atoms with Crippen molar-refractivity contribution in [3.63, 3.8) is 0 Å². The van der Waals surface area contributed by atoms with E-state index >= 15 is 0 Å². The lowest BCUT2D eigenvalue weighted by molar-refractivity contribution is -0.0642. The van der Waals surface area contributed by atoms with Crippen molar-refractivity contribution < 1.29 is 0 Å². The Labute approximate surface area is 849 Å². The van der Waals surface area contributed by atoms with Crippen molar-refractivity contribution in [2.24, 2.45) is 154 Å². The minimum absolute atomic E-state index is 0.764. The molecule has 794 valence electrons. The molecule has 0 saturated heterocycles. The van der Waals surface area contributed by atoms with Gasteiger partial charge in [0.2, 0.25) is 0 Å². The predicted octanol–water partition coefficient (Wildman–Crippen LogP) is 33.8. The highest BCUT2D eigenvalue weighted by Crippen LogP contribution is 2.65. The molecule has 0 aromatic carbocycles. The summed E-state index contributed by atoms with van der Waals surface area (Å²) in [6, 6.07) is 4.99. The van der Waals surface area contributed by atoms with Crippen molar-refractivity contribution in [2.75, 3.05) is 69.5 Å². The monoisotopic (exact) mass is 1890 g/mol. The standard InChI is InChI=1S/C13H25N.C13H24.3C12H23N.C12H22.3C11H21N.C11H20.C10H19N/c1-11-3-7-13(8-4-11)9-5-12(14-2)6-10-13;1-3-4-12-5-7-13(8-6-12)9-11(2)10-13;1-10-3-6-12(9-10)7-4-11(13-2)5-8-12;1-10-3-6-12(7-4-10)8-5-11(9-12)13-2;1-10-3-5-12(7-10)6-4-11(8-12)9-13-2;1-3-4-11-8-12(9-11)6-5-10(2)7-12;1-9-3-5-11(7-9)6-4-10(8-11)12-2;1-9-3-5-11(6-4-9)7-10(8-11)12-2;1-9-5-11(6-9)4-3-10(7-11)8-12-2;1-3-4-10-7-11(8-10)5-9(2)6-11;1-8-3-4-10(5-8)6-9(7-10)11-2/h11-12,14H,3-10H2,1-2H3;11-12H,3-10H2,1-2H3;3*10-11,13H,3-9H2,1-2H3;10-11H,3-9H2,1-2H3;3*9-10,12H,3-8H2,1-2H3;9-10H,3-8H2,1-2H3;8-9,11H,3-7H2,1-2H3/t;;10-,11?,12?;;2*10-,11?,12?;9-,10?,11?;;;;8-,9?,10?/m..1.111...1/s1. The van der Waals surface area contributed by atoms with Crippen LogP contribution in [-0.2, 0) is 0 Å². The topological polar surface area (TPSA) is 96.2 Å². The molecule has 0 aromatic rings. The molecule has 0 amide bonds. The maximum Gasteiger partial charge on any atom is 0.00746 e. The fourth-order valence-electron chi connectivity index (χ4n) is 37.8. The van der Waals surface area contributed by atoms with Gasteiger partial charge in [0.05, 0.1) is 0 Å². The third-order valence-electron chi connectivity index (χ3n) is 45.8. The molecular formula is C128H242N8. The molecule has 11 atom stereocenters. The van der Waals surface area contributed by atoms with Crippen molar-refractivity contribution in [3.05, 3.63) is 0 Å². The summed E-state index contributed by atoms with van der Waals surface area (Å²) >= 11 is 0. The van der Waals surface area contributed by atoms with Gasteiger partial charge in [0, 0.05) is 36.3 Å². The zero-order chi connectivity index (χ0) is 97.5. The lowest BCUT2D eigenvalue weighted by Crippen LogP contribution is -2.49. The maximum atomic E-state index is 3.45. The van der Waals surface area contributed by atoms with E-state index in [9.17, 15) is 0 Å². The minimum Gasteiger partial charge on any atom is -0.319 e. The SMILES string of the molecule is CCCC1CC2(CC(C)C2)C1.CCCC1CC2(CC[C@@H](C)C2)C1.CCCC1CCC2(CC1)CC(C)C2.CNC1CC2(CCC(C)CC2)C1.CNC1CC2(CC[C@@H](C)C2)C1.CNC1CCC2(CC1)CC[C@@H](C)C2.CNC1CCC2(CCC(C)CC2)C1.CNC1CCC2(CCC(C)CC2)CC1.CNC1CCC2(CC[C@@H](C)C2)C1.CNCC1CCC2(CC(C)C2)C1.CNCC1CCC2(CC[C@@H](C)C2)C1. The Morgan fingerprint density at radius 3 is 0.691 bits per heavy atom. The van der Waals surface area contributed by atoms with Gasteiger partial charge >= 0.3 is 0 Å². The molecule has 0 heterocycles. The largest absolute Gasteiger partial charge is 0.319 e. The molecule has 6 unspecified atom stereocenters. The molecular weight excluding hydrogens is 1650 g/mol. The van der Waals surface area contributed by atoms with Crippen LogP contribution in [0.1, 0.15) is 553 Å². The van der Waals surface area contributed by atoms with Crippen LogP contribution in [-0.4, -0.2) is 106 Å². The molecule has 8 N–H and O–H groups in total. The van der Waals surface area contributed by atoms with Crippen LogP contribution in [0.15, 0.2) is 0 Å². The molecule has 22 rings (SSSR count). The van der Waals surface area contributed by atoms with Crippen LogP contribution in [0.5, 0.6) is 0 Å².